The van der Waals surface area contributed by atoms with Crippen LogP contribution in [-0.2, 0) is 0 Å². The Balaban J connectivity index is 0.00000169. The fourth-order valence-corrected chi connectivity index (χ4v) is 0.785. The molecule has 8 heteroatoms. The summed E-state index contributed by atoms with van der Waals surface area (Å²) < 4.78 is 0. The van der Waals surface area contributed by atoms with Crippen LogP contribution in [0.2, 0.25) is 0 Å². The summed E-state index contributed by atoms with van der Waals surface area (Å²) in [6.07, 6.45) is 2.84. The van der Waals surface area contributed by atoms with Crippen LogP contribution in [0.1, 0.15) is 0 Å². The van der Waals surface area contributed by atoms with E-state index in [9.17, 15) is 20.5 Å². The van der Waals surface area contributed by atoms with Crippen LogP contribution in [0.5, 0.6) is 0 Å². The predicted molar refractivity (Wildman–Crippen MR) is 43.9 cm³/mol. The van der Waals surface area contributed by atoms with Crippen molar-refractivity contribution in [3.63, 3.8) is 0 Å². The Morgan fingerprint density at radius 1 is 1.21 bits per heavy atom. The Kier molecular flexibility index (Phi) is 4.48. The minimum atomic E-state index is -0.824. The topological polar surface area (TPSA) is 116 Å². The van der Waals surface area contributed by atoms with Gasteiger partial charge in [-0.15, -0.1) is 0 Å². The van der Waals surface area contributed by atoms with Gasteiger partial charge < -0.3 is 10.4 Å². The van der Waals surface area contributed by atoms with Gasteiger partial charge in [-0.2, -0.15) is 4.90 Å². The average Bonchev–Trinajstić information content (AvgIpc) is 2.04. The van der Waals surface area contributed by atoms with E-state index < -0.39 is 15.5 Å². The summed E-state index contributed by atoms with van der Waals surface area (Å²) in [5.41, 5.74) is -1.28. The Labute approximate surface area is 101 Å². The third-order valence-electron chi connectivity index (χ3n) is 1.39. The Hall–Kier alpha value is -1.18. The molecule has 1 N–H and O–H groups in total. The van der Waals surface area contributed by atoms with Crippen molar-refractivity contribution in [2.45, 2.75) is 0 Å². The first-order valence-electron chi connectivity index (χ1n) is 3.17. The first-order valence-corrected chi connectivity index (χ1v) is 3.17. The van der Waals surface area contributed by atoms with Crippen molar-refractivity contribution in [1.29, 1.82) is 5.41 Å². The molecule has 0 aromatic heterocycles. The summed E-state index contributed by atoms with van der Waals surface area (Å²) >= 11 is 0. The van der Waals surface area contributed by atoms with Crippen molar-refractivity contribution >= 4 is 11.4 Å². The monoisotopic (exact) mass is 205 g/mol. The second-order valence-electron chi connectivity index (χ2n) is 2.22. The summed E-state index contributed by atoms with van der Waals surface area (Å²) in [6, 6.07) is 0. The summed E-state index contributed by atoms with van der Waals surface area (Å²) in [6.45, 7) is 0. The molecule has 0 saturated heterocycles. The molecule has 0 radical (unpaired) electrons. The number of hydrogen-bond donors (Lipinski definition) is 1. The molecule has 68 valence electrons. The minimum Gasteiger partial charge on any atom is -0.612 e. The van der Waals surface area contributed by atoms with Crippen molar-refractivity contribution < 1.29 is 39.4 Å². The van der Waals surface area contributed by atoms with Gasteiger partial charge in [0.15, 0.2) is 0 Å². The Morgan fingerprint density at radius 3 is 2.21 bits per heavy atom. The van der Waals surface area contributed by atoms with Gasteiger partial charge in [0.05, 0.1) is 11.0 Å². The molecule has 0 fully saturated rings. The van der Waals surface area contributed by atoms with E-state index in [4.69, 9.17) is 5.41 Å². The largest absolute Gasteiger partial charge is 1.00 e. The molecule has 0 saturated carbocycles. The van der Waals surface area contributed by atoms with Gasteiger partial charge in [-0.25, -0.2) is 0 Å². The molecule has 1 aliphatic carbocycles. The summed E-state index contributed by atoms with van der Waals surface area (Å²) in [5.74, 6) is 0. The molecule has 0 bridgehead atoms. The van der Waals surface area contributed by atoms with Crippen molar-refractivity contribution in [3.8, 4) is 0 Å². The quantitative estimate of drug-likeness (QED) is 0.163. The van der Waals surface area contributed by atoms with Crippen LogP contribution in [0.15, 0.2) is 23.9 Å². The van der Waals surface area contributed by atoms with E-state index in [1.807, 2.05) is 0 Å². The third kappa shape index (κ3) is 2.66. The van der Waals surface area contributed by atoms with Crippen molar-refractivity contribution in [1.82, 2.24) is 0 Å². The molecule has 0 atom stereocenters. The van der Waals surface area contributed by atoms with Gasteiger partial charge in [0.1, 0.15) is 5.71 Å². The Morgan fingerprint density at radius 2 is 1.79 bits per heavy atom. The van der Waals surface area contributed by atoms with Gasteiger partial charge in [0, 0.05) is 6.08 Å². The number of nitrogens with one attached hydrogen (secondary N) is 1. The van der Waals surface area contributed by atoms with E-state index in [0.29, 0.717) is 0 Å². The van der Waals surface area contributed by atoms with Gasteiger partial charge in [0.25, 0.3) is 11.4 Å². The summed E-state index contributed by atoms with van der Waals surface area (Å²) in [7, 11) is 0. The Bertz CT molecular complexity index is 367. The molecular formula is C6H4N3NaO4. The van der Waals surface area contributed by atoms with E-state index in [-0.39, 0.29) is 41.0 Å². The van der Waals surface area contributed by atoms with Gasteiger partial charge in [-0.05, 0) is 6.08 Å². The second kappa shape index (κ2) is 4.89. The molecule has 0 aromatic carbocycles. The first-order chi connectivity index (χ1) is 6.02. The molecule has 7 nitrogen and oxygen atoms in total. The molecule has 0 heterocycles. The van der Waals surface area contributed by atoms with Crippen LogP contribution in [0, 0.1) is 25.9 Å². The molecule has 14 heavy (non-hydrogen) atoms. The number of hydrogen-bond acceptors (Lipinski definition) is 5. The smallest absolute Gasteiger partial charge is 0.612 e. The number of rotatable bonds is 1. The van der Waals surface area contributed by atoms with Crippen LogP contribution < -0.4 is 29.6 Å². The molecule has 0 spiro atoms. The van der Waals surface area contributed by atoms with Gasteiger partial charge in [-0.1, -0.05) is 0 Å². The van der Waals surface area contributed by atoms with Crippen molar-refractivity contribution in [3.05, 3.63) is 44.5 Å². The van der Waals surface area contributed by atoms with Crippen LogP contribution in [0.25, 0.3) is 0 Å². The first kappa shape index (κ1) is 12.8. The average molecular weight is 205 g/mol. The maximum absolute atomic E-state index is 10.3. The zero-order valence-corrected chi connectivity index (χ0v) is 9.26. The second-order valence-corrected chi connectivity index (χ2v) is 2.22. The zero-order chi connectivity index (χ0) is 10.0. The number of allylic oxidation sites excluding steroid dienone is 3. The van der Waals surface area contributed by atoms with E-state index in [1.54, 1.807) is 0 Å². The number of nitro groups is 1. The summed E-state index contributed by atoms with van der Waals surface area (Å²) in [5, 5.41) is 37.8. The minimum absolute atomic E-state index is 0. The van der Waals surface area contributed by atoms with Gasteiger partial charge in [0.2, 0.25) is 0 Å². The van der Waals surface area contributed by atoms with E-state index >= 15 is 0 Å². The molecule has 0 aromatic rings. The van der Waals surface area contributed by atoms with Crippen LogP contribution in [0.4, 0.5) is 0 Å². The van der Waals surface area contributed by atoms with Crippen molar-refractivity contribution in [2.75, 3.05) is 0 Å². The van der Waals surface area contributed by atoms with E-state index in [2.05, 4.69) is 0 Å². The van der Waals surface area contributed by atoms with Crippen LogP contribution >= 0.6 is 0 Å². The molecule has 0 unspecified atom stereocenters. The number of nitrogens with zero attached hydrogens (tertiary/aromatic N) is 2. The van der Waals surface area contributed by atoms with E-state index in [0.717, 1.165) is 18.2 Å². The van der Waals surface area contributed by atoms with Gasteiger partial charge >= 0.3 is 29.6 Å². The standard InChI is InChI=1S/C6H4N3O4.Na/c7-5-2-1-4(8(10)11)3-6(5)9(12)13;/h1-3,7H;/q-1;+1. The molecule has 1 rings (SSSR count). The molecular weight excluding hydrogens is 201 g/mol. The maximum atomic E-state index is 10.3. The fraction of sp³-hybridized carbons (Fsp3) is 0. The molecule has 1 aliphatic rings. The predicted octanol–water partition coefficient (Wildman–Crippen LogP) is -2.81. The maximum Gasteiger partial charge on any atom is 1.00 e. The summed E-state index contributed by atoms with van der Waals surface area (Å²) in [4.78, 5) is 8.64. The normalized spacial score (nSPS) is 14.4. The molecule has 0 aliphatic heterocycles. The van der Waals surface area contributed by atoms with Gasteiger partial charge in [-0.3, -0.25) is 15.5 Å². The third-order valence-corrected chi connectivity index (χ3v) is 1.39. The SMILES string of the molecule is N=C1C=CC([N+](=O)[O-])=CC1=[N+]([O-])[O-].[Na+]. The van der Waals surface area contributed by atoms with Crippen LogP contribution in [-0.4, -0.2) is 21.2 Å². The van der Waals surface area contributed by atoms with Crippen LogP contribution in [0.3, 0.4) is 0 Å². The van der Waals surface area contributed by atoms with E-state index in [1.165, 1.54) is 0 Å². The molecule has 0 amide bonds. The fourth-order valence-electron chi connectivity index (χ4n) is 0.785. The zero-order valence-electron chi connectivity index (χ0n) is 7.26. The van der Waals surface area contributed by atoms with Crippen molar-refractivity contribution in [2.24, 2.45) is 0 Å².